The highest BCUT2D eigenvalue weighted by atomic mass is 16.5. The van der Waals surface area contributed by atoms with Crippen LogP contribution in [-0.4, -0.2) is 20.3 Å². The Bertz CT molecular complexity index is 406. The predicted molar refractivity (Wildman–Crippen MR) is 88.8 cm³/mol. The minimum atomic E-state index is 0.332. The van der Waals surface area contributed by atoms with E-state index in [1.807, 2.05) is 14.0 Å². The topological polar surface area (TPSA) is 30.5 Å². The molecule has 0 fully saturated rings. The summed E-state index contributed by atoms with van der Waals surface area (Å²) in [6, 6.07) is 6.70. The summed E-state index contributed by atoms with van der Waals surface area (Å²) in [5, 5.41) is 3.27. The van der Waals surface area contributed by atoms with Gasteiger partial charge in [-0.25, -0.2) is 0 Å². The van der Waals surface area contributed by atoms with Crippen LogP contribution in [0.2, 0.25) is 0 Å². The number of hydrogen-bond donors (Lipinski definition) is 1. The lowest BCUT2D eigenvalue weighted by Gasteiger charge is -2.17. The molecular weight excluding hydrogens is 262 g/mol. The number of ether oxygens (including phenoxy) is 2. The minimum absolute atomic E-state index is 0.332. The van der Waals surface area contributed by atoms with Crippen LogP contribution in [0.15, 0.2) is 18.2 Å². The predicted octanol–water partition coefficient (Wildman–Crippen LogP) is 4.32. The molecule has 1 rings (SSSR count). The van der Waals surface area contributed by atoms with Gasteiger partial charge in [0.05, 0.1) is 13.2 Å². The summed E-state index contributed by atoms with van der Waals surface area (Å²) in [5.74, 6) is 1.55. The standard InChI is InChI=1S/C18H31NO2/c1-6-8-14(3)12-20-13-17-11-16(15(4)19-5)9-10-18(17)21-7-2/h9-11,14-15,19H,6-8,12-13H2,1-5H3. The second kappa shape index (κ2) is 9.80. The van der Waals surface area contributed by atoms with Gasteiger partial charge in [-0.2, -0.15) is 0 Å². The molecule has 0 saturated carbocycles. The molecule has 2 atom stereocenters. The maximum absolute atomic E-state index is 5.89. The van der Waals surface area contributed by atoms with Gasteiger partial charge in [0, 0.05) is 18.2 Å². The van der Waals surface area contributed by atoms with Gasteiger partial charge in [-0.1, -0.05) is 26.3 Å². The van der Waals surface area contributed by atoms with Crippen LogP contribution in [0.1, 0.15) is 57.7 Å². The van der Waals surface area contributed by atoms with Crippen molar-refractivity contribution >= 4 is 0 Å². The highest BCUT2D eigenvalue weighted by molar-refractivity contribution is 5.38. The Hall–Kier alpha value is -1.06. The van der Waals surface area contributed by atoms with Crippen LogP contribution in [0.25, 0.3) is 0 Å². The summed E-state index contributed by atoms with van der Waals surface area (Å²) >= 11 is 0. The minimum Gasteiger partial charge on any atom is -0.494 e. The molecule has 0 radical (unpaired) electrons. The molecule has 21 heavy (non-hydrogen) atoms. The molecule has 1 aromatic carbocycles. The van der Waals surface area contributed by atoms with Gasteiger partial charge in [0.25, 0.3) is 0 Å². The number of nitrogens with one attached hydrogen (secondary N) is 1. The Morgan fingerprint density at radius 1 is 1.19 bits per heavy atom. The molecule has 0 aliphatic rings. The molecule has 3 nitrogen and oxygen atoms in total. The average molecular weight is 293 g/mol. The highest BCUT2D eigenvalue weighted by Gasteiger charge is 2.10. The van der Waals surface area contributed by atoms with Crippen molar-refractivity contribution < 1.29 is 9.47 Å². The van der Waals surface area contributed by atoms with E-state index in [4.69, 9.17) is 9.47 Å². The third kappa shape index (κ3) is 6.06. The van der Waals surface area contributed by atoms with Crippen molar-refractivity contribution in [1.82, 2.24) is 5.32 Å². The second-order valence-electron chi connectivity index (χ2n) is 5.72. The molecule has 0 saturated heterocycles. The summed E-state index contributed by atoms with van der Waals surface area (Å²) in [6.45, 7) is 10.7. The lowest BCUT2D eigenvalue weighted by atomic mass is 10.0. The molecule has 1 N–H and O–H groups in total. The largest absolute Gasteiger partial charge is 0.494 e. The maximum atomic E-state index is 5.89. The molecule has 0 heterocycles. The number of rotatable bonds is 10. The Morgan fingerprint density at radius 2 is 1.95 bits per heavy atom. The van der Waals surface area contributed by atoms with E-state index < -0.39 is 0 Å². The molecule has 1 aromatic rings. The van der Waals surface area contributed by atoms with Gasteiger partial charge in [0.15, 0.2) is 0 Å². The Morgan fingerprint density at radius 3 is 2.57 bits per heavy atom. The normalized spacial score (nSPS) is 14.0. The second-order valence-corrected chi connectivity index (χ2v) is 5.72. The smallest absolute Gasteiger partial charge is 0.124 e. The molecule has 0 aliphatic carbocycles. The van der Waals surface area contributed by atoms with Gasteiger partial charge in [-0.05, 0) is 50.9 Å². The van der Waals surface area contributed by atoms with Crippen LogP contribution in [0.3, 0.4) is 0 Å². The van der Waals surface area contributed by atoms with Crippen LogP contribution in [0.5, 0.6) is 5.75 Å². The van der Waals surface area contributed by atoms with E-state index in [9.17, 15) is 0 Å². The van der Waals surface area contributed by atoms with Gasteiger partial charge >= 0.3 is 0 Å². The van der Waals surface area contributed by atoms with Crippen molar-refractivity contribution in [3.05, 3.63) is 29.3 Å². The van der Waals surface area contributed by atoms with Crippen molar-refractivity contribution in [2.75, 3.05) is 20.3 Å². The zero-order valence-electron chi connectivity index (χ0n) is 14.2. The van der Waals surface area contributed by atoms with Crippen LogP contribution < -0.4 is 10.1 Å². The van der Waals surface area contributed by atoms with E-state index in [0.717, 1.165) is 17.9 Å². The van der Waals surface area contributed by atoms with E-state index >= 15 is 0 Å². The summed E-state index contributed by atoms with van der Waals surface area (Å²) in [5.41, 5.74) is 2.40. The quantitative estimate of drug-likeness (QED) is 0.697. The third-order valence-corrected chi connectivity index (χ3v) is 3.76. The summed E-state index contributed by atoms with van der Waals surface area (Å²) < 4.78 is 11.6. The Kier molecular flexibility index (Phi) is 8.40. The van der Waals surface area contributed by atoms with Crippen LogP contribution >= 0.6 is 0 Å². The summed E-state index contributed by atoms with van der Waals surface area (Å²) in [7, 11) is 1.98. The molecule has 2 unspecified atom stereocenters. The van der Waals surface area contributed by atoms with E-state index in [-0.39, 0.29) is 0 Å². The van der Waals surface area contributed by atoms with E-state index in [1.165, 1.54) is 18.4 Å². The third-order valence-electron chi connectivity index (χ3n) is 3.76. The van der Waals surface area contributed by atoms with E-state index in [2.05, 4.69) is 44.3 Å². The maximum Gasteiger partial charge on any atom is 0.124 e. The monoisotopic (exact) mass is 293 g/mol. The lowest BCUT2D eigenvalue weighted by molar-refractivity contribution is 0.0875. The SMILES string of the molecule is CCCC(C)COCc1cc(C(C)NC)ccc1OCC. The van der Waals surface area contributed by atoms with Crippen molar-refractivity contribution in [1.29, 1.82) is 0 Å². The number of hydrogen-bond acceptors (Lipinski definition) is 3. The van der Waals surface area contributed by atoms with Gasteiger partial charge < -0.3 is 14.8 Å². The van der Waals surface area contributed by atoms with Gasteiger partial charge in [-0.3, -0.25) is 0 Å². The zero-order valence-corrected chi connectivity index (χ0v) is 14.2. The molecule has 120 valence electrons. The molecule has 0 amide bonds. The van der Waals surface area contributed by atoms with Crippen LogP contribution in [0.4, 0.5) is 0 Å². The molecule has 0 aliphatic heterocycles. The van der Waals surface area contributed by atoms with E-state index in [0.29, 0.717) is 25.2 Å². The molecule has 0 bridgehead atoms. The van der Waals surface area contributed by atoms with Gasteiger partial charge in [0.1, 0.15) is 5.75 Å². The summed E-state index contributed by atoms with van der Waals surface area (Å²) in [4.78, 5) is 0. The Balaban J connectivity index is 2.71. The number of benzene rings is 1. The first-order chi connectivity index (χ1) is 10.1. The fourth-order valence-electron chi connectivity index (χ4n) is 2.39. The van der Waals surface area contributed by atoms with Crippen molar-refractivity contribution in [2.45, 2.75) is 53.2 Å². The first-order valence-electron chi connectivity index (χ1n) is 8.12. The fraction of sp³-hybridized carbons (Fsp3) is 0.667. The van der Waals surface area contributed by atoms with Crippen molar-refractivity contribution in [2.24, 2.45) is 5.92 Å². The van der Waals surface area contributed by atoms with Gasteiger partial charge in [-0.15, -0.1) is 0 Å². The Labute approximate surface area is 130 Å². The van der Waals surface area contributed by atoms with Crippen LogP contribution in [-0.2, 0) is 11.3 Å². The van der Waals surface area contributed by atoms with Crippen LogP contribution in [0, 0.1) is 5.92 Å². The molecule has 3 heteroatoms. The molecule has 0 aromatic heterocycles. The van der Waals surface area contributed by atoms with Crippen molar-refractivity contribution in [3.8, 4) is 5.75 Å². The first kappa shape index (κ1) is 18.0. The van der Waals surface area contributed by atoms with Gasteiger partial charge in [0.2, 0.25) is 0 Å². The highest BCUT2D eigenvalue weighted by Crippen LogP contribution is 2.24. The first-order valence-corrected chi connectivity index (χ1v) is 8.12. The molecular formula is C18H31NO2. The van der Waals surface area contributed by atoms with Crippen molar-refractivity contribution in [3.63, 3.8) is 0 Å². The fourth-order valence-corrected chi connectivity index (χ4v) is 2.39. The average Bonchev–Trinajstić information content (AvgIpc) is 2.48. The van der Waals surface area contributed by atoms with E-state index in [1.54, 1.807) is 0 Å². The molecule has 0 spiro atoms. The summed E-state index contributed by atoms with van der Waals surface area (Å²) in [6.07, 6.45) is 2.43. The zero-order chi connectivity index (χ0) is 15.7. The lowest BCUT2D eigenvalue weighted by Crippen LogP contribution is -2.13.